The lowest BCUT2D eigenvalue weighted by Crippen LogP contribution is -2.52. The van der Waals surface area contributed by atoms with Crippen LogP contribution in [0.2, 0.25) is 0 Å². The Bertz CT molecular complexity index is 318. The Morgan fingerprint density at radius 2 is 1.75 bits per heavy atom. The van der Waals surface area contributed by atoms with Gasteiger partial charge in [0.25, 0.3) is 0 Å². The van der Waals surface area contributed by atoms with Gasteiger partial charge in [0.1, 0.15) is 0 Å². The van der Waals surface area contributed by atoms with Crippen molar-refractivity contribution >= 4 is 0 Å². The standard InChI is InChI=1S/C15H27F3N2/c1-14(2,3)7-11-6-12(19-10-15(16,17)18)9-20(8-11)13-4-5-13/h11-13,19H,4-10H2,1-3H3. The molecule has 1 aliphatic carbocycles. The average Bonchev–Trinajstić information content (AvgIpc) is 3.06. The number of likely N-dealkylation sites (tertiary alicyclic amines) is 1. The quantitative estimate of drug-likeness (QED) is 0.854. The summed E-state index contributed by atoms with van der Waals surface area (Å²) in [5.74, 6) is 0.509. The van der Waals surface area contributed by atoms with Gasteiger partial charge in [-0.3, -0.25) is 4.90 Å². The highest BCUT2D eigenvalue weighted by atomic mass is 19.4. The van der Waals surface area contributed by atoms with Crippen LogP contribution in [0, 0.1) is 11.3 Å². The predicted molar refractivity (Wildman–Crippen MR) is 74.6 cm³/mol. The second-order valence-corrected chi connectivity index (χ2v) is 7.74. The summed E-state index contributed by atoms with van der Waals surface area (Å²) in [6, 6.07) is 0.617. The highest BCUT2D eigenvalue weighted by Crippen LogP contribution is 2.35. The van der Waals surface area contributed by atoms with E-state index in [1.807, 2.05) is 0 Å². The van der Waals surface area contributed by atoms with Crippen LogP contribution in [0.25, 0.3) is 0 Å². The number of nitrogens with one attached hydrogen (secondary N) is 1. The van der Waals surface area contributed by atoms with Gasteiger partial charge in [-0.05, 0) is 37.0 Å². The van der Waals surface area contributed by atoms with Crippen LogP contribution in [0.1, 0.15) is 46.5 Å². The molecular weight excluding hydrogens is 265 g/mol. The monoisotopic (exact) mass is 292 g/mol. The van der Waals surface area contributed by atoms with E-state index >= 15 is 0 Å². The molecule has 118 valence electrons. The Balaban J connectivity index is 1.90. The molecule has 0 aromatic rings. The van der Waals surface area contributed by atoms with E-state index in [0.717, 1.165) is 25.9 Å². The molecule has 2 unspecified atom stereocenters. The van der Waals surface area contributed by atoms with Crippen molar-refractivity contribution in [1.82, 2.24) is 10.2 Å². The van der Waals surface area contributed by atoms with Crippen molar-refractivity contribution in [2.45, 2.75) is 64.7 Å². The largest absolute Gasteiger partial charge is 0.401 e. The third-order valence-electron chi connectivity index (χ3n) is 4.12. The fourth-order valence-corrected chi connectivity index (χ4v) is 3.40. The van der Waals surface area contributed by atoms with Crippen molar-refractivity contribution in [2.75, 3.05) is 19.6 Å². The molecule has 1 saturated carbocycles. The van der Waals surface area contributed by atoms with Crippen LogP contribution in [0.15, 0.2) is 0 Å². The summed E-state index contributed by atoms with van der Waals surface area (Å²) >= 11 is 0. The molecule has 1 N–H and O–H groups in total. The molecular formula is C15H27F3N2. The fraction of sp³-hybridized carbons (Fsp3) is 1.00. The van der Waals surface area contributed by atoms with Crippen molar-refractivity contribution in [3.05, 3.63) is 0 Å². The smallest absolute Gasteiger partial charge is 0.305 e. The van der Waals surface area contributed by atoms with Crippen LogP contribution in [0.5, 0.6) is 0 Å². The van der Waals surface area contributed by atoms with E-state index in [4.69, 9.17) is 0 Å². The number of nitrogens with zero attached hydrogens (tertiary/aromatic N) is 1. The first-order valence-corrected chi connectivity index (χ1v) is 7.66. The summed E-state index contributed by atoms with van der Waals surface area (Å²) in [5, 5.41) is 2.72. The number of hydrogen-bond acceptors (Lipinski definition) is 2. The lowest BCUT2D eigenvalue weighted by Gasteiger charge is -2.40. The zero-order valence-electron chi connectivity index (χ0n) is 12.8. The van der Waals surface area contributed by atoms with Gasteiger partial charge in [0.2, 0.25) is 0 Å². The minimum Gasteiger partial charge on any atom is -0.305 e. The molecule has 0 bridgehead atoms. The number of rotatable bonds is 4. The number of hydrogen-bond donors (Lipinski definition) is 1. The molecule has 1 saturated heterocycles. The Morgan fingerprint density at radius 3 is 2.25 bits per heavy atom. The molecule has 2 atom stereocenters. The van der Waals surface area contributed by atoms with Crippen molar-refractivity contribution < 1.29 is 13.2 Å². The molecule has 0 spiro atoms. The third kappa shape index (κ3) is 5.60. The molecule has 5 heteroatoms. The van der Waals surface area contributed by atoms with Crippen molar-refractivity contribution in [3.63, 3.8) is 0 Å². The Kier molecular flexibility index (Phi) is 4.69. The van der Waals surface area contributed by atoms with Crippen molar-refractivity contribution in [2.24, 2.45) is 11.3 Å². The first-order valence-electron chi connectivity index (χ1n) is 7.66. The number of alkyl halides is 3. The predicted octanol–water partition coefficient (Wildman–Crippen LogP) is 3.43. The van der Waals surface area contributed by atoms with Crippen LogP contribution >= 0.6 is 0 Å². The van der Waals surface area contributed by atoms with Crippen LogP contribution < -0.4 is 5.32 Å². The van der Waals surface area contributed by atoms with Crippen molar-refractivity contribution in [3.8, 4) is 0 Å². The highest BCUT2D eigenvalue weighted by Gasteiger charge is 2.38. The minimum absolute atomic E-state index is 0.0154. The Morgan fingerprint density at radius 1 is 1.10 bits per heavy atom. The van der Waals surface area contributed by atoms with Crippen LogP contribution in [0.4, 0.5) is 13.2 Å². The molecule has 20 heavy (non-hydrogen) atoms. The molecule has 0 aromatic carbocycles. The summed E-state index contributed by atoms with van der Waals surface area (Å²) in [7, 11) is 0. The second kappa shape index (κ2) is 5.84. The molecule has 0 amide bonds. The maximum Gasteiger partial charge on any atom is 0.401 e. The fourth-order valence-electron chi connectivity index (χ4n) is 3.40. The zero-order valence-corrected chi connectivity index (χ0v) is 12.8. The van der Waals surface area contributed by atoms with Gasteiger partial charge in [-0.25, -0.2) is 0 Å². The van der Waals surface area contributed by atoms with Crippen LogP contribution in [-0.2, 0) is 0 Å². The summed E-state index contributed by atoms with van der Waals surface area (Å²) in [6.07, 6.45) is 0.279. The maximum atomic E-state index is 12.4. The van der Waals surface area contributed by atoms with Gasteiger partial charge < -0.3 is 5.32 Å². The van der Waals surface area contributed by atoms with Gasteiger partial charge in [0.05, 0.1) is 6.54 Å². The summed E-state index contributed by atoms with van der Waals surface area (Å²) in [6.45, 7) is 7.61. The molecule has 1 aliphatic heterocycles. The first-order chi connectivity index (χ1) is 9.12. The maximum absolute atomic E-state index is 12.4. The molecule has 2 rings (SSSR count). The van der Waals surface area contributed by atoms with Gasteiger partial charge >= 0.3 is 6.18 Å². The van der Waals surface area contributed by atoms with Crippen molar-refractivity contribution in [1.29, 1.82) is 0 Å². The first kappa shape index (κ1) is 16.1. The molecule has 2 nitrogen and oxygen atoms in total. The molecule has 0 radical (unpaired) electrons. The third-order valence-corrected chi connectivity index (χ3v) is 4.12. The molecule has 0 aromatic heterocycles. The lowest BCUT2D eigenvalue weighted by atomic mass is 9.80. The van der Waals surface area contributed by atoms with Gasteiger partial charge in [0.15, 0.2) is 0 Å². The number of halogens is 3. The van der Waals surface area contributed by atoms with E-state index in [2.05, 4.69) is 31.0 Å². The summed E-state index contributed by atoms with van der Waals surface area (Å²) < 4.78 is 37.1. The van der Waals surface area contributed by atoms with Crippen LogP contribution in [0.3, 0.4) is 0 Å². The lowest BCUT2D eigenvalue weighted by molar-refractivity contribution is -0.127. The van der Waals surface area contributed by atoms with E-state index in [1.54, 1.807) is 0 Å². The van der Waals surface area contributed by atoms with E-state index in [9.17, 15) is 13.2 Å². The molecule has 2 fully saturated rings. The van der Waals surface area contributed by atoms with E-state index < -0.39 is 12.7 Å². The Labute approximate surface area is 120 Å². The number of piperidine rings is 1. The second-order valence-electron chi connectivity index (χ2n) is 7.74. The summed E-state index contributed by atoms with van der Waals surface area (Å²) in [4.78, 5) is 2.41. The normalized spacial score (nSPS) is 29.7. The summed E-state index contributed by atoms with van der Waals surface area (Å²) in [5.41, 5.74) is 0.242. The minimum atomic E-state index is -4.11. The van der Waals surface area contributed by atoms with E-state index in [1.165, 1.54) is 12.8 Å². The van der Waals surface area contributed by atoms with Crippen LogP contribution in [-0.4, -0.2) is 42.8 Å². The van der Waals surface area contributed by atoms with E-state index in [-0.39, 0.29) is 11.5 Å². The SMILES string of the molecule is CC(C)(C)CC1CC(NCC(F)(F)F)CN(C2CC2)C1. The van der Waals surface area contributed by atoms with Gasteiger partial charge in [0, 0.05) is 25.2 Å². The van der Waals surface area contributed by atoms with Gasteiger partial charge in [-0.1, -0.05) is 20.8 Å². The highest BCUT2D eigenvalue weighted by molar-refractivity contribution is 4.93. The van der Waals surface area contributed by atoms with E-state index in [0.29, 0.717) is 12.0 Å². The van der Waals surface area contributed by atoms with Gasteiger partial charge in [-0.2, -0.15) is 13.2 Å². The Hall–Kier alpha value is -0.290. The zero-order chi connectivity index (χ0) is 15.0. The van der Waals surface area contributed by atoms with Gasteiger partial charge in [-0.15, -0.1) is 0 Å². The molecule has 1 heterocycles. The average molecular weight is 292 g/mol. The molecule has 2 aliphatic rings. The topological polar surface area (TPSA) is 15.3 Å².